The number of aromatic nitrogens is 2. The predicted octanol–water partition coefficient (Wildman–Crippen LogP) is 2.91. The summed E-state index contributed by atoms with van der Waals surface area (Å²) in [5.41, 5.74) is 1.70. The van der Waals surface area contributed by atoms with E-state index in [2.05, 4.69) is 14.5 Å². The molecule has 0 radical (unpaired) electrons. The second-order valence-corrected chi connectivity index (χ2v) is 5.29. The molecule has 5 heteroatoms. The first-order chi connectivity index (χ1) is 9.11. The SMILES string of the molecule is CN(C)CCCn1c(CCCl)nc2ccc(F)cc21. The lowest BCUT2D eigenvalue weighted by Gasteiger charge is -2.12. The van der Waals surface area contributed by atoms with Gasteiger partial charge in [0.2, 0.25) is 0 Å². The van der Waals surface area contributed by atoms with E-state index in [4.69, 9.17) is 11.6 Å². The molecule has 2 aromatic rings. The van der Waals surface area contributed by atoms with Gasteiger partial charge in [0.15, 0.2) is 0 Å². The zero-order valence-electron chi connectivity index (χ0n) is 11.4. The Morgan fingerprint density at radius 2 is 2.16 bits per heavy atom. The monoisotopic (exact) mass is 283 g/mol. The van der Waals surface area contributed by atoms with Gasteiger partial charge in [-0.15, -0.1) is 11.6 Å². The summed E-state index contributed by atoms with van der Waals surface area (Å²) in [4.78, 5) is 6.68. The lowest BCUT2D eigenvalue weighted by molar-refractivity contribution is 0.386. The Morgan fingerprint density at radius 1 is 1.37 bits per heavy atom. The third-order valence-corrected chi connectivity index (χ3v) is 3.28. The summed E-state index contributed by atoms with van der Waals surface area (Å²) in [6.45, 7) is 1.83. The number of benzene rings is 1. The minimum absolute atomic E-state index is 0.223. The summed E-state index contributed by atoms with van der Waals surface area (Å²) < 4.78 is 15.5. The topological polar surface area (TPSA) is 21.1 Å². The van der Waals surface area contributed by atoms with Crippen LogP contribution < -0.4 is 0 Å². The molecular formula is C14H19ClFN3. The summed E-state index contributed by atoms with van der Waals surface area (Å²) in [7, 11) is 4.09. The van der Waals surface area contributed by atoms with Gasteiger partial charge in [-0.2, -0.15) is 0 Å². The first-order valence-corrected chi connectivity index (χ1v) is 7.00. The normalized spacial score (nSPS) is 11.6. The highest BCUT2D eigenvalue weighted by molar-refractivity contribution is 6.17. The Bertz CT molecular complexity index is 551. The Kier molecular flexibility index (Phi) is 4.77. The van der Waals surface area contributed by atoms with Gasteiger partial charge in [0.1, 0.15) is 11.6 Å². The molecule has 1 aromatic heterocycles. The van der Waals surface area contributed by atoms with Gasteiger partial charge >= 0.3 is 0 Å². The molecule has 0 atom stereocenters. The van der Waals surface area contributed by atoms with Crippen LogP contribution in [0.3, 0.4) is 0 Å². The summed E-state index contributed by atoms with van der Waals surface area (Å²) in [5.74, 6) is 1.24. The lowest BCUT2D eigenvalue weighted by atomic mass is 10.3. The zero-order valence-corrected chi connectivity index (χ0v) is 12.1. The van der Waals surface area contributed by atoms with E-state index < -0.39 is 0 Å². The summed E-state index contributed by atoms with van der Waals surface area (Å²) in [6, 6.07) is 4.73. The number of hydrogen-bond acceptors (Lipinski definition) is 2. The molecule has 0 fully saturated rings. The number of imidazole rings is 1. The van der Waals surface area contributed by atoms with Crippen molar-refractivity contribution in [2.45, 2.75) is 19.4 Å². The molecule has 0 saturated heterocycles. The van der Waals surface area contributed by atoms with Crippen molar-refractivity contribution in [2.75, 3.05) is 26.5 Å². The molecule has 3 nitrogen and oxygen atoms in total. The molecule has 2 rings (SSSR count). The van der Waals surface area contributed by atoms with Crippen molar-refractivity contribution in [1.29, 1.82) is 0 Å². The maximum absolute atomic E-state index is 13.4. The number of aryl methyl sites for hydroxylation is 2. The van der Waals surface area contributed by atoms with Crippen LogP contribution in [0.25, 0.3) is 11.0 Å². The van der Waals surface area contributed by atoms with Crippen LogP contribution >= 0.6 is 11.6 Å². The quantitative estimate of drug-likeness (QED) is 0.760. The zero-order chi connectivity index (χ0) is 13.8. The maximum Gasteiger partial charge on any atom is 0.125 e. The van der Waals surface area contributed by atoms with Crippen LogP contribution in [0.15, 0.2) is 18.2 Å². The molecule has 104 valence electrons. The number of fused-ring (bicyclic) bond motifs is 1. The smallest absolute Gasteiger partial charge is 0.125 e. The molecule has 0 aliphatic heterocycles. The van der Waals surface area contributed by atoms with E-state index in [0.717, 1.165) is 36.4 Å². The van der Waals surface area contributed by atoms with Gasteiger partial charge < -0.3 is 9.47 Å². The molecule has 1 heterocycles. The highest BCUT2D eigenvalue weighted by Crippen LogP contribution is 2.19. The van der Waals surface area contributed by atoms with E-state index in [-0.39, 0.29) is 5.82 Å². The molecule has 0 aliphatic carbocycles. The average Bonchev–Trinajstić information content (AvgIpc) is 2.67. The fourth-order valence-corrected chi connectivity index (χ4v) is 2.38. The summed E-state index contributed by atoms with van der Waals surface area (Å²) in [6.07, 6.45) is 1.71. The highest BCUT2D eigenvalue weighted by Gasteiger charge is 2.11. The second kappa shape index (κ2) is 6.35. The van der Waals surface area contributed by atoms with Crippen LogP contribution in [0.1, 0.15) is 12.2 Å². The molecule has 1 aromatic carbocycles. The van der Waals surface area contributed by atoms with Gasteiger partial charge in [0, 0.05) is 18.8 Å². The minimum Gasteiger partial charge on any atom is -0.328 e. The van der Waals surface area contributed by atoms with Crippen LogP contribution in [0.5, 0.6) is 0 Å². The predicted molar refractivity (Wildman–Crippen MR) is 77.3 cm³/mol. The van der Waals surface area contributed by atoms with Crippen molar-refractivity contribution in [2.24, 2.45) is 0 Å². The third-order valence-electron chi connectivity index (χ3n) is 3.09. The number of halogens is 2. The molecule has 0 saturated carbocycles. The van der Waals surface area contributed by atoms with Crippen molar-refractivity contribution >= 4 is 22.6 Å². The number of nitrogens with zero attached hydrogens (tertiary/aromatic N) is 3. The van der Waals surface area contributed by atoms with E-state index >= 15 is 0 Å². The molecule has 0 spiro atoms. The number of rotatable bonds is 6. The fraction of sp³-hybridized carbons (Fsp3) is 0.500. The van der Waals surface area contributed by atoms with Gasteiger partial charge in [-0.05, 0) is 45.3 Å². The number of alkyl halides is 1. The van der Waals surface area contributed by atoms with Gasteiger partial charge in [-0.3, -0.25) is 0 Å². The van der Waals surface area contributed by atoms with E-state index in [1.165, 1.54) is 6.07 Å². The fourth-order valence-electron chi connectivity index (χ4n) is 2.22. The van der Waals surface area contributed by atoms with Crippen LogP contribution in [0.2, 0.25) is 0 Å². The van der Waals surface area contributed by atoms with E-state index in [9.17, 15) is 4.39 Å². The Morgan fingerprint density at radius 3 is 2.84 bits per heavy atom. The summed E-state index contributed by atoms with van der Waals surface area (Å²) in [5, 5.41) is 0. The first-order valence-electron chi connectivity index (χ1n) is 6.47. The van der Waals surface area contributed by atoms with Crippen molar-refractivity contribution in [3.05, 3.63) is 29.8 Å². The molecule has 19 heavy (non-hydrogen) atoms. The van der Waals surface area contributed by atoms with Gasteiger partial charge in [-0.25, -0.2) is 9.37 Å². The molecule has 0 N–H and O–H groups in total. The molecule has 0 bridgehead atoms. The van der Waals surface area contributed by atoms with E-state index in [0.29, 0.717) is 12.3 Å². The van der Waals surface area contributed by atoms with Crippen molar-refractivity contribution in [3.63, 3.8) is 0 Å². The third kappa shape index (κ3) is 3.45. The molecule has 0 unspecified atom stereocenters. The van der Waals surface area contributed by atoms with Gasteiger partial charge in [0.25, 0.3) is 0 Å². The minimum atomic E-state index is -0.223. The van der Waals surface area contributed by atoms with Crippen LogP contribution in [-0.2, 0) is 13.0 Å². The summed E-state index contributed by atoms with van der Waals surface area (Å²) >= 11 is 5.82. The maximum atomic E-state index is 13.4. The second-order valence-electron chi connectivity index (χ2n) is 4.91. The van der Waals surface area contributed by atoms with E-state index in [1.807, 2.05) is 14.1 Å². The van der Waals surface area contributed by atoms with E-state index in [1.54, 1.807) is 12.1 Å². The van der Waals surface area contributed by atoms with Crippen LogP contribution in [-0.4, -0.2) is 41.0 Å². The molecule has 0 aliphatic rings. The molecular weight excluding hydrogens is 265 g/mol. The largest absolute Gasteiger partial charge is 0.328 e. The van der Waals surface area contributed by atoms with Crippen molar-refractivity contribution in [1.82, 2.24) is 14.5 Å². The highest BCUT2D eigenvalue weighted by atomic mass is 35.5. The Hall–Kier alpha value is -1.13. The Balaban J connectivity index is 2.30. The standard InChI is InChI=1S/C14H19ClFN3/c1-18(2)8-3-9-19-13-10-11(16)4-5-12(13)17-14(19)6-7-15/h4-5,10H,3,6-9H2,1-2H3. The van der Waals surface area contributed by atoms with Gasteiger partial charge in [-0.1, -0.05) is 0 Å². The van der Waals surface area contributed by atoms with Crippen molar-refractivity contribution in [3.8, 4) is 0 Å². The first kappa shape index (κ1) is 14.3. The average molecular weight is 284 g/mol. The van der Waals surface area contributed by atoms with Gasteiger partial charge in [0.05, 0.1) is 11.0 Å². The van der Waals surface area contributed by atoms with Crippen LogP contribution in [0, 0.1) is 5.82 Å². The van der Waals surface area contributed by atoms with Crippen molar-refractivity contribution < 1.29 is 4.39 Å². The van der Waals surface area contributed by atoms with Crippen LogP contribution in [0.4, 0.5) is 4.39 Å². The Labute approximate surface area is 118 Å². The molecule has 0 amide bonds. The lowest BCUT2D eigenvalue weighted by Crippen LogP contribution is -2.16. The number of hydrogen-bond donors (Lipinski definition) is 0.